The summed E-state index contributed by atoms with van der Waals surface area (Å²) in [6, 6.07) is 11.2. The van der Waals surface area contributed by atoms with E-state index in [1.54, 1.807) is 31.2 Å². The summed E-state index contributed by atoms with van der Waals surface area (Å²) in [6.07, 6.45) is -3.74. The highest BCUT2D eigenvalue weighted by Crippen LogP contribution is 2.32. The molecule has 1 amide bonds. The molecule has 1 aliphatic heterocycles. The monoisotopic (exact) mass is 417 g/mol. The first-order chi connectivity index (χ1) is 14.3. The van der Waals surface area contributed by atoms with Crippen LogP contribution in [0, 0.1) is 6.92 Å². The number of carbonyl (C=O) groups excluding carboxylic acids is 1. The van der Waals surface area contributed by atoms with Crippen molar-refractivity contribution in [3.8, 4) is 17.2 Å². The zero-order chi connectivity index (χ0) is 21.3. The number of hydrogen-bond donors (Lipinski definition) is 1. The van der Waals surface area contributed by atoms with Crippen molar-refractivity contribution < 1.29 is 27.4 Å². The van der Waals surface area contributed by atoms with Crippen molar-refractivity contribution >= 4 is 11.7 Å². The molecule has 0 spiro atoms. The average molecular weight is 417 g/mol. The second-order valence-corrected chi connectivity index (χ2v) is 6.80. The van der Waals surface area contributed by atoms with Gasteiger partial charge < -0.3 is 14.8 Å². The first kappa shape index (κ1) is 19.8. The SMILES string of the molecule is Cc1cc(NC(=O)c2ccc3c(c2)OCCCO3)n(-c2cccc(C(F)(F)F)c2)n1. The van der Waals surface area contributed by atoms with Crippen LogP contribution in [0.25, 0.3) is 5.69 Å². The fourth-order valence-electron chi connectivity index (χ4n) is 3.09. The van der Waals surface area contributed by atoms with E-state index < -0.39 is 17.6 Å². The van der Waals surface area contributed by atoms with E-state index in [1.165, 1.54) is 16.8 Å². The van der Waals surface area contributed by atoms with E-state index in [2.05, 4.69) is 10.4 Å². The Morgan fingerprint density at radius 1 is 1.07 bits per heavy atom. The van der Waals surface area contributed by atoms with Gasteiger partial charge in [-0.05, 0) is 43.3 Å². The number of carbonyl (C=O) groups is 1. The van der Waals surface area contributed by atoms with Gasteiger partial charge in [-0.3, -0.25) is 4.79 Å². The van der Waals surface area contributed by atoms with Crippen molar-refractivity contribution in [2.45, 2.75) is 19.5 Å². The summed E-state index contributed by atoms with van der Waals surface area (Å²) in [5.41, 5.74) is 0.260. The van der Waals surface area contributed by atoms with Crippen molar-refractivity contribution in [2.24, 2.45) is 0 Å². The van der Waals surface area contributed by atoms with Gasteiger partial charge in [-0.1, -0.05) is 6.07 Å². The number of aryl methyl sites for hydroxylation is 1. The fourth-order valence-corrected chi connectivity index (χ4v) is 3.09. The van der Waals surface area contributed by atoms with E-state index in [-0.39, 0.29) is 11.5 Å². The normalized spacial score (nSPS) is 13.6. The largest absolute Gasteiger partial charge is 0.490 e. The molecule has 2 aromatic carbocycles. The Labute approximate surface area is 170 Å². The zero-order valence-electron chi connectivity index (χ0n) is 16.0. The molecule has 2 heterocycles. The van der Waals surface area contributed by atoms with Crippen LogP contribution in [0.5, 0.6) is 11.5 Å². The number of nitrogens with one attached hydrogen (secondary N) is 1. The van der Waals surface area contributed by atoms with E-state index in [1.807, 2.05) is 0 Å². The highest BCUT2D eigenvalue weighted by Gasteiger charge is 2.30. The van der Waals surface area contributed by atoms with Crippen molar-refractivity contribution in [1.29, 1.82) is 0 Å². The predicted octanol–water partition coefficient (Wildman–Crippen LogP) is 4.61. The van der Waals surface area contributed by atoms with Gasteiger partial charge in [0.2, 0.25) is 0 Å². The lowest BCUT2D eigenvalue weighted by atomic mass is 10.2. The number of anilines is 1. The molecular formula is C21H18F3N3O3. The summed E-state index contributed by atoms with van der Waals surface area (Å²) in [5.74, 6) is 0.847. The third-order valence-corrected chi connectivity index (χ3v) is 4.50. The van der Waals surface area contributed by atoms with Gasteiger partial charge in [-0.15, -0.1) is 0 Å². The third kappa shape index (κ3) is 4.10. The maximum absolute atomic E-state index is 13.1. The van der Waals surface area contributed by atoms with Crippen molar-refractivity contribution in [3.63, 3.8) is 0 Å². The number of ether oxygens (including phenoxy) is 2. The Kier molecular flexibility index (Phi) is 5.11. The van der Waals surface area contributed by atoms with Crippen LogP contribution >= 0.6 is 0 Å². The first-order valence-electron chi connectivity index (χ1n) is 9.26. The van der Waals surface area contributed by atoms with E-state index in [9.17, 15) is 18.0 Å². The molecule has 156 valence electrons. The minimum absolute atomic E-state index is 0.187. The Hall–Kier alpha value is -3.49. The van der Waals surface area contributed by atoms with Gasteiger partial charge in [0.1, 0.15) is 5.82 Å². The van der Waals surface area contributed by atoms with E-state index in [0.717, 1.165) is 18.6 Å². The Bertz CT molecular complexity index is 1090. The van der Waals surface area contributed by atoms with Crippen LogP contribution in [0.3, 0.4) is 0 Å². The van der Waals surface area contributed by atoms with Gasteiger partial charge in [0.05, 0.1) is 30.2 Å². The Morgan fingerprint density at radius 3 is 2.60 bits per heavy atom. The molecule has 0 saturated heterocycles. The molecule has 9 heteroatoms. The predicted molar refractivity (Wildman–Crippen MR) is 103 cm³/mol. The molecular weight excluding hydrogens is 399 g/mol. The zero-order valence-corrected chi connectivity index (χ0v) is 16.0. The molecule has 4 rings (SSSR count). The molecule has 1 aliphatic rings. The molecule has 1 N–H and O–H groups in total. The minimum atomic E-state index is -4.48. The number of rotatable bonds is 3. The van der Waals surface area contributed by atoms with Gasteiger partial charge in [-0.2, -0.15) is 18.3 Å². The highest BCUT2D eigenvalue weighted by molar-refractivity contribution is 6.04. The number of halogens is 3. The van der Waals surface area contributed by atoms with Crippen LogP contribution in [0.2, 0.25) is 0 Å². The molecule has 0 aliphatic carbocycles. The van der Waals surface area contributed by atoms with Crippen LogP contribution in [0.15, 0.2) is 48.5 Å². The first-order valence-corrected chi connectivity index (χ1v) is 9.26. The molecule has 0 bridgehead atoms. The van der Waals surface area contributed by atoms with Crippen molar-refractivity contribution in [2.75, 3.05) is 18.5 Å². The number of benzene rings is 2. The molecule has 0 unspecified atom stereocenters. The number of aromatic nitrogens is 2. The second kappa shape index (κ2) is 7.74. The average Bonchev–Trinajstić information content (AvgIpc) is 2.92. The second-order valence-electron chi connectivity index (χ2n) is 6.80. The lowest BCUT2D eigenvalue weighted by Crippen LogP contribution is -2.15. The lowest BCUT2D eigenvalue weighted by Gasteiger charge is -2.12. The molecule has 0 atom stereocenters. The highest BCUT2D eigenvalue weighted by atomic mass is 19.4. The smallest absolute Gasteiger partial charge is 0.416 e. The van der Waals surface area contributed by atoms with Crippen LogP contribution < -0.4 is 14.8 Å². The molecule has 0 saturated carbocycles. The number of amides is 1. The summed E-state index contributed by atoms with van der Waals surface area (Å²) in [5, 5.41) is 6.93. The molecule has 0 radical (unpaired) electrons. The summed E-state index contributed by atoms with van der Waals surface area (Å²) < 4.78 is 51.6. The van der Waals surface area contributed by atoms with Crippen LogP contribution in [0.4, 0.5) is 19.0 Å². The molecule has 30 heavy (non-hydrogen) atoms. The van der Waals surface area contributed by atoms with Gasteiger partial charge in [-0.25, -0.2) is 4.68 Å². The van der Waals surface area contributed by atoms with Gasteiger partial charge >= 0.3 is 6.18 Å². The van der Waals surface area contributed by atoms with Crippen LogP contribution in [0.1, 0.15) is 28.0 Å². The Balaban J connectivity index is 1.62. The topological polar surface area (TPSA) is 65.4 Å². The van der Waals surface area contributed by atoms with Crippen molar-refractivity contribution in [1.82, 2.24) is 9.78 Å². The maximum Gasteiger partial charge on any atom is 0.416 e. The molecule has 3 aromatic rings. The summed E-state index contributed by atoms with van der Waals surface area (Å²) in [6.45, 7) is 2.71. The Morgan fingerprint density at radius 2 is 1.83 bits per heavy atom. The number of alkyl halides is 3. The van der Waals surface area contributed by atoms with E-state index in [4.69, 9.17) is 9.47 Å². The summed E-state index contributed by atoms with van der Waals surface area (Å²) in [7, 11) is 0. The summed E-state index contributed by atoms with van der Waals surface area (Å²) in [4.78, 5) is 12.8. The van der Waals surface area contributed by atoms with Crippen LogP contribution in [-0.2, 0) is 6.18 Å². The lowest BCUT2D eigenvalue weighted by molar-refractivity contribution is -0.137. The van der Waals surface area contributed by atoms with Gasteiger partial charge in [0.15, 0.2) is 11.5 Å². The molecule has 0 fully saturated rings. The van der Waals surface area contributed by atoms with Crippen molar-refractivity contribution in [3.05, 3.63) is 65.4 Å². The number of nitrogens with zero attached hydrogens (tertiary/aromatic N) is 2. The van der Waals surface area contributed by atoms with Gasteiger partial charge in [0.25, 0.3) is 5.91 Å². The summed E-state index contributed by atoms with van der Waals surface area (Å²) >= 11 is 0. The minimum Gasteiger partial charge on any atom is -0.490 e. The molecule has 1 aromatic heterocycles. The quantitative estimate of drug-likeness (QED) is 0.676. The standard InChI is InChI=1S/C21H18F3N3O3/c1-13-10-19(27(26-13)16-5-2-4-15(12-16)21(22,23)24)25-20(28)14-6-7-17-18(11-14)30-9-3-8-29-17/h2,4-7,10-12H,3,8-9H2,1H3,(H,25,28). The van der Waals surface area contributed by atoms with E-state index >= 15 is 0 Å². The fraction of sp³-hybridized carbons (Fsp3) is 0.238. The van der Waals surface area contributed by atoms with Crippen LogP contribution in [-0.4, -0.2) is 28.9 Å². The maximum atomic E-state index is 13.1. The molecule has 6 nitrogen and oxygen atoms in total. The number of fused-ring (bicyclic) bond motifs is 1. The number of hydrogen-bond acceptors (Lipinski definition) is 4. The van der Waals surface area contributed by atoms with E-state index in [0.29, 0.717) is 36.0 Å². The van der Waals surface area contributed by atoms with Gasteiger partial charge in [0, 0.05) is 18.1 Å². The third-order valence-electron chi connectivity index (χ3n) is 4.50.